The van der Waals surface area contributed by atoms with E-state index in [1.165, 1.54) is 0 Å². The minimum atomic E-state index is -0.381. The lowest BCUT2D eigenvalue weighted by Crippen LogP contribution is -2.41. The van der Waals surface area contributed by atoms with E-state index in [4.69, 9.17) is 28.9 Å². The van der Waals surface area contributed by atoms with E-state index in [1.54, 1.807) is 6.07 Å². The van der Waals surface area contributed by atoms with Crippen molar-refractivity contribution in [3.8, 4) is 0 Å². The summed E-state index contributed by atoms with van der Waals surface area (Å²) in [6.45, 7) is 4.31. The molecule has 0 fully saturated rings. The minimum Gasteiger partial charge on any atom is -0.321 e. The van der Waals surface area contributed by atoms with Gasteiger partial charge in [0.1, 0.15) is 0 Å². The monoisotopic (exact) mass is 333 g/mol. The van der Waals surface area contributed by atoms with Crippen molar-refractivity contribution in [1.29, 1.82) is 0 Å². The summed E-state index contributed by atoms with van der Waals surface area (Å²) in [5.41, 5.74) is 8.48. The Morgan fingerprint density at radius 3 is 2.32 bits per heavy atom. The van der Waals surface area contributed by atoms with Crippen LogP contribution in [0.5, 0.6) is 0 Å². The van der Waals surface area contributed by atoms with Crippen molar-refractivity contribution in [2.45, 2.75) is 25.8 Å². The van der Waals surface area contributed by atoms with Crippen LogP contribution in [0.2, 0.25) is 10.0 Å². The Morgan fingerprint density at radius 1 is 1.05 bits per heavy atom. The minimum absolute atomic E-state index is 0.327. The molecule has 0 bridgehead atoms. The second-order valence-corrected chi connectivity index (χ2v) is 6.66. The molecule has 2 N–H and O–H groups in total. The Kier molecular flexibility index (Phi) is 5.69. The van der Waals surface area contributed by atoms with Gasteiger partial charge in [0.25, 0.3) is 0 Å². The molecule has 1 unspecified atom stereocenters. The summed E-state index contributed by atoms with van der Waals surface area (Å²) in [4.78, 5) is 0. The molecule has 116 valence electrons. The van der Waals surface area contributed by atoms with Crippen molar-refractivity contribution in [2.75, 3.05) is 0 Å². The Labute approximate surface area is 142 Å². The number of hydrogen-bond donors (Lipinski definition) is 1. The Bertz CT molecular complexity index is 650. The first kappa shape index (κ1) is 17.1. The Hall–Kier alpha value is -1.28. The highest BCUT2D eigenvalue weighted by atomic mass is 35.5. The quantitative estimate of drug-likeness (QED) is 0.723. The molecule has 2 aromatic rings. The third-order valence-corrected chi connectivity index (χ3v) is 4.79. The molecule has 0 radical (unpaired) electrons. The maximum Gasteiger partial charge on any atom is 0.0598 e. The lowest BCUT2D eigenvalue weighted by Gasteiger charge is -2.33. The van der Waals surface area contributed by atoms with Crippen LogP contribution >= 0.6 is 23.2 Å². The van der Waals surface area contributed by atoms with Gasteiger partial charge in [-0.15, -0.1) is 0 Å². The number of rotatable bonds is 5. The molecule has 2 rings (SSSR count). The van der Waals surface area contributed by atoms with Crippen LogP contribution in [0, 0.1) is 5.92 Å². The van der Waals surface area contributed by atoms with Gasteiger partial charge in [0.05, 0.1) is 10.0 Å². The zero-order chi connectivity index (χ0) is 16.2. The number of nitrogens with two attached hydrogens (primary N) is 1. The van der Waals surface area contributed by atoms with E-state index in [9.17, 15) is 0 Å². The second-order valence-electron chi connectivity index (χ2n) is 5.84. The average molecular weight is 334 g/mol. The van der Waals surface area contributed by atoms with E-state index in [2.05, 4.69) is 32.1 Å². The van der Waals surface area contributed by atoms with Gasteiger partial charge >= 0.3 is 0 Å². The average Bonchev–Trinajstić information content (AvgIpc) is 2.51. The van der Waals surface area contributed by atoms with E-state index in [1.807, 2.05) is 36.4 Å². The highest BCUT2D eigenvalue weighted by molar-refractivity contribution is 6.42. The molecule has 22 heavy (non-hydrogen) atoms. The molecule has 0 heterocycles. The number of halogens is 2. The van der Waals surface area contributed by atoms with E-state index >= 15 is 0 Å². The van der Waals surface area contributed by atoms with Gasteiger partial charge in [-0.1, -0.05) is 85.6 Å². The molecule has 1 atom stereocenters. The van der Waals surface area contributed by atoms with Crippen molar-refractivity contribution in [2.24, 2.45) is 11.7 Å². The molecule has 0 aromatic heterocycles. The number of hydrogen-bond acceptors (Lipinski definition) is 1. The smallest absolute Gasteiger partial charge is 0.0598 e. The van der Waals surface area contributed by atoms with Crippen molar-refractivity contribution >= 4 is 29.3 Å². The molecule has 0 aliphatic carbocycles. The van der Waals surface area contributed by atoms with Gasteiger partial charge < -0.3 is 5.73 Å². The highest BCUT2D eigenvalue weighted by Gasteiger charge is 2.29. The zero-order valence-corrected chi connectivity index (χ0v) is 14.4. The largest absolute Gasteiger partial charge is 0.321 e. The van der Waals surface area contributed by atoms with E-state index in [0.717, 1.165) is 17.5 Å². The van der Waals surface area contributed by atoms with Crippen LogP contribution in [0.25, 0.3) is 6.08 Å². The van der Waals surface area contributed by atoms with Crippen molar-refractivity contribution in [1.82, 2.24) is 0 Å². The fourth-order valence-electron chi connectivity index (χ4n) is 2.44. The SMILES string of the molecule is CC(C)C(N)(CC=Cc1ccc(Cl)c(Cl)c1)c1ccccc1. The van der Waals surface area contributed by atoms with Gasteiger partial charge in [-0.2, -0.15) is 0 Å². The molecule has 0 saturated heterocycles. The van der Waals surface area contributed by atoms with Crippen molar-refractivity contribution < 1.29 is 0 Å². The first-order chi connectivity index (χ1) is 10.4. The maximum atomic E-state index is 6.68. The summed E-state index contributed by atoms with van der Waals surface area (Å²) in [6, 6.07) is 15.9. The summed E-state index contributed by atoms with van der Waals surface area (Å²) >= 11 is 12.0. The van der Waals surface area contributed by atoms with Crippen molar-refractivity contribution in [3.05, 3.63) is 75.8 Å². The standard InChI is InChI=1S/C19H21Cl2N/c1-14(2)19(22,16-8-4-3-5-9-16)12-6-7-15-10-11-17(20)18(21)13-15/h3-11,13-14H,12,22H2,1-2H3. The van der Waals surface area contributed by atoms with E-state index < -0.39 is 0 Å². The van der Waals surface area contributed by atoms with Crippen LogP contribution in [-0.4, -0.2) is 0 Å². The summed E-state index contributed by atoms with van der Waals surface area (Å²) in [7, 11) is 0. The molecule has 0 amide bonds. The van der Waals surface area contributed by atoms with Crippen LogP contribution in [0.15, 0.2) is 54.6 Å². The summed E-state index contributed by atoms with van der Waals surface area (Å²) < 4.78 is 0. The number of benzene rings is 2. The van der Waals surface area contributed by atoms with Gasteiger partial charge in [0.2, 0.25) is 0 Å². The van der Waals surface area contributed by atoms with E-state index in [0.29, 0.717) is 16.0 Å². The molecule has 0 aliphatic rings. The molecule has 2 aromatic carbocycles. The fraction of sp³-hybridized carbons (Fsp3) is 0.263. The molecule has 1 nitrogen and oxygen atoms in total. The summed E-state index contributed by atoms with van der Waals surface area (Å²) in [5.74, 6) is 0.327. The first-order valence-corrected chi connectivity index (χ1v) is 8.15. The van der Waals surface area contributed by atoms with Gasteiger partial charge in [-0.3, -0.25) is 0 Å². The lowest BCUT2D eigenvalue weighted by atomic mass is 9.78. The lowest BCUT2D eigenvalue weighted by molar-refractivity contribution is 0.320. The molecule has 0 saturated carbocycles. The third kappa shape index (κ3) is 3.92. The highest BCUT2D eigenvalue weighted by Crippen LogP contribution is 2.31. The van der Waals surface area contributed by atoms with Crippen LogP contribution in [0.4, 0.5) is 0 Å². The van der Waals surface area contributed by atoms with Crippen molar-refractivity contribution in [3.63, 3.8) is 0 Å². The van der Waals surface area contributed by atoms with Crippen LogP contribution in [-0.2, 0) is 5.54 Å². The van der Waals surface area contributed by atoms with Gasteiger partial charge in [-0.25, -0.2) is 0 Å². The normalized spacial score (nSPS) is 14.5. The maximum absolute atomic E-state index is 6.68. The van der Waals surface area contributed by atoms with Crippen LogP contribution in [0.1, 0.15) is 31.4 Å². The fourth-order valence-corrected chi connectivity index (χ4v) is 2.75. The summed E-state index contributed by atoms with van der Waals surface area (Å²) in [6.07, 6.45) is 4.90. The predicted octanol–water partition coefficient (Wildman–Crippen LogP) is 5.91. The Balaban J connectivity index is 2.19. The third-order valence-electron chi connectivity index (χ3n) is 4.05. The van der Waals surface area contributed by atoms with E-state index in [-0.39, 0.29) is 5.54 Å². The van der Waals surface area contributed by atoms with Gasteiger partial charge in [0, 0.05) is 5.54 Å². The predicted molar refractivity (Wildman–Crippen MR) is 97.3 cm³/mol. The van der Waals surface area contributed by atoms with Gasteiger partial charge in [-0.05, 0) is 35.6 Å². The zero-order valence-electron chi connectivity index (χ0n) is 12.9. The molecule has 3 heteroatoms. The summed E-state index contributed by atoms with van der Waals surface area (Å²) in [5, 5.41) is 1.13. The molecule has 0 spiro atoms. The first-order valence-electron chi connectivity index (χ1n) is 7.39. The van der Waals surface area contributed by atoms with Crippen LogP contribution in [0.3, 0.4) is 0 Å². The Morgan fingerprint density at radius 2 is 1.73 bits per heavy atom. The van der Waals surface area contributed by atoms with Crippen LogP contribution < -0.4 is 5.73 Å². The molecular formula is C19H21Cl2N. The topological polar surface area (TPSA) is 26.0 Å². The second kappa shape index (κ2) is 7.32. The molecular weight excluding hydrogens is 313 g/mol. The molecule has 0 aliphatic heterocycles. The van der Waals surface area contributed by atoms with Gasteiger partial charge in [0.15, 0.2) is 0 Å².